The highest BCUT2D eigenvalue weighted by Crippen LogP contribution is 2.18. The fraction of sp³-hybridized carbons (Fsp3) is 0.476. The quantitative estimate of drug-likeness (QED) is 0.453. The Bertz CT molecular complexity index is 739. The second-order valence-corrected chi connectivity index (χ2v) is 7.21. The molecule has 1 fully saturated rings. The monoisotopic (exact) mass is 369 g/mol. The van der Waals surface area contributed by atoms with Crippen LogP contribution in [0.15, 0.2) is 29.8 Å². The van der Waals surface area contributed by atoms with Gasteiger partial charge in [-0.3, -0.25) is 4.79 Å². The zero-order chi connectivity index (χ0) is 20.0. The van der Waals surface area contributed by atoms with Gasteiger partial charge in [-0.2, -0.15) is 5.26 Å². The van der Waals surface area contributed by atoms with E-state index in [9.17, 15) is 14.9 Å². The Labute approximate surface area is 161 Å². The second kappa shape index (κ2) is 9.22. The van der Waals surface area contributed by atoms with Crippen LogP contribution >= 0.6 is 0 Å². The van der Waals surface area contributed by atoms with Gasteiger partial charge in [0.1, 0.15) is 11.6 Å². The summed E-state index contributed by atoms with van der Waals surface area (Å²) in [6.45, 7) is 5.08. The van der Waals surface area contributed by atoms with Gasteiger partial charge in [0.25, 0.3) is 5.91 Å². The summed E-state index contributed by atoms with van der Waals surface area (Å²) in [6, 6.07) is 9.31. The molecule has 1 atom stereocenters. The number of hydrogen-bond acceptors (Lipinski definition) is 5. The van der Waals surface area contributed by atoms with Crippen LogP contribution in [0.5, 0.6) is 0 Å². The molecule has 0 bridgehead atoms. The van der Waals surface area contributed by atoms with E-state index in [4.69, 9.17) is 4.74 Å². The van der Waals surface area contributed by atoms with Crippen LogP contribution in [0, 0.1) is 17.2 Å². The molecule has 1 saturated heterocycles. The third-order valence-corrected chi connectivity index (χ3v) is 4.79. The van der Waals surface area contributed by atoms with Crippen LogP contribution in [0.2, 0.25) is 0 Å². The fourth-order valence-corrected chi connectivity index (χ4v) is 2.93. The van der Waals surface area contributed by atoms with Crippen LogP contribution in [0.1, 0.15) is 32.3 Å². The summed E-state index contributed by atoms with van der Waals surface area (Å²) in [6.07, 6.45) is 2.48. The molecule has 6 heteroatoms. The highest BCUT2D eigenvalue weighted by Gasteiger charge is 2.27. The first-order valence-electron chi connectivity index (χ1n) is 9.20. The van der Waals surface area contributed by atoms with Gasteiger partial charge in [0, 0.05) is 32.9 Å². The van der Waals surface area contributed by atoms with Crippen molar-refractivity contribution in [1.82, 2.24) is 4.90 Å². The number of amides is 1. The number of piperidine rings is 1. The third-order valence-electron chi connectivity index (χ3n) is 4.79. The van der Waals surface area contributed by atoms with E-state index in [2.05, 4.69) is 6.92 Å². The number of benzene rings is 1. The summed E-state index contributed by atoms with van der Waals surface area (Å²) >= 11 is 0. The van der Waals surface area contributed by atoms with Crippen LogP contribution in [0.25, 0.3) is 6.08 Å². The van der Waals surface area contributed by atoms with Gasteiger partial charge in [-0.05, 0) is 49.5 Å². The zero-order valence-corrected chi connectivity index (χ0v) is 16.4. The van der Waals surface area contributed by atoms with Gasteiger partial charge in [-0.25, -0.2) is 4.79 Å². The molecule has 1 heterocycles. The van der Waals surface area contributed by atoms with Crippen molar-refractivity contribution in [2.24, 2.45) is 5.92 Å². The first kappa shape index (κ1) is 20.5. The van der Waals surface area contributed by atoms with E-state index in [1.54, 1.807) is 11.8 Å². The van der Waals surface area contributed by atoms with Gasteiger partial charge in [0.2, 0.25) is 0 Å². The Morgan fingerprint density at radius 3 is 2.37 bits per heavy atom. The molecule has 27 heavy (non-hydrogen) atoms. The van der Waals surface area contributed by atoms with Crippen molar-refractivity contribution in [2.75, 3.05) is 32.1 Å². The summed E-state index contributed by atoms with van der Waals surface area (Å²) in [7, 11) is 3.87. The SMILES string of the molecule is CC1CCN(C(=O)[C@@H](C)OC(=O)/C(C#N)=C/c2ccc(N(C)C)cc2)CC1. The molecular formula is C21H27N3O3. The minimum absolute atomic E-state index is 0.125. The van der Waals surface area contributed by atoms with Crippen LogP contribution in [0.4, 0.5) is 5.69 Å². The summed E-state index contributed by atoms with van der Waals surface area (Å²) in [5.41, 5.74) is 1.61. The molecule has 144 valence electrons. The number of nitriles is 1. The van der Waals surface area contributed by atoms with Crippen LogP contribution in [-0.2, 0) is 14.3 Å². The number of esters is 1. The standard InChI is InChI=1S/C21H27N3O3/c1-15-9-11-24(12-10-15)20(25)16(2)27-21(26)18(14-22)13-17-5-7-19(8-6-17)23(3)4/h5-8,13,15-16H,9-12H2,1-4H3/b18-13+/t16-/m1/s1. The Balaban J connectivity index is 2.01. The average molecular weight is 369 g/mol. The number of rotatable bonds is 5. The molecule has 1 aliphatic heterocycles. The first-order valence-corrected chi connectivity index (χ1v) is 9.20. The first-order chi connectivity index (χ1) is 12.8. The normalized spacial score (nSPS) is 16.4. The molecule has 0 aromatic heterocycles. The summed E-state index contributed by atoms with van der Waals surface area (Å²) in [5.74, 6) is -0.373. The molecule has 1 aromatic rings. The van der Waals surface area contributed by atoms with Gasteiger partial charge in [0.15, 0.2) is 6.10 Å². The minimum Gasteiger partial charge on any atom is -0.448 e. The van der Waals surface area contributed by atoms with E-state index in [1.807, 2.05) is 49.3 Å². The van der Waals surface area contributed by atoms with Crippen LogP contribution in [0.3, 0.4) is 0 Å². The van der Waals surface area contributed by atoms with E-state index >= 15 is 0 Å². The van der Waals surface area contributed by atoms with Crippen molar-refractivity contribution in [1.29, 1.82) is 5.26 Å². The van der Waals surface area contributed by atoms with Crippen molar-refractivity contribution >= 4 is 23.6 Å². The molecule has 1 amide bonds. The van der Waals surface area contributed by atoms with Gasteiger partial charge in [0.05, 0.1) is 0 Å². The average Bonchev–Trinajstić information content (AvgIpc) is 2.66. The third kappa shape index (κ3) is 5.58. The predicted octanol–water partition coefficient (Wildman–Crippen LogP) is 2.85. The van der Waals surface area contributed by atoms with Gasteiger partial charge < -0.3 is 14.5 Å². The lowest BCUT2D eigenvalue weighted by Gasteiger charge is -2.31. The van der Waals surface area contributed by atoms with E-state index in [0.717, 1.165) is 24.1 Å². The van der Waals surface area contributed by atoms with Crippen LogP contribution in [-0.4, -0.2) is 50.1 Å². The number of anilines is 1. The minimum atomic E-state index is -0.904. The summed E-state index contributed by atoms with van der Waals surface area (Å²) in [4.78, 5) is 28.5. The van der Waals surface area contributed by atoms with Crippen molar-refractivity contribution in [3.63, 3.8) is 0 Å². The van der Waals surface area contributed by atoms with Crippen molar-refractivity contribution < 1.29 is 14.3 Å². The van der Waals surface area contributed by atoms with Crippen molar-refractivity contribution in [3.8, 4) is 6.07 Å². The van der Waals surface area contributed by atoms with Gasteiger partial charge >= 0.3 is 5.97 Å². The summed E-state index contributed by atoms with van der Waals surface area (Å²) < 4.78 is 5.25. The predicted molar refractivity (Wildman–Crippen MR) is 105 cm³/mol. The van der Waals surface area contributed by atoms with Crippen molar-refractivity contribution in [2.45, 2.75) is 32.8 Å². The smallest absolute Gasteiger partial charge is 0.349 e. The van der Waals surface area contributed by atoms with E-state index in [-0.39, 0.29) is 11.5 Å². The molecular weight excluding hydrogens is 342 g/mol. The molecule has 1 aromatic carbocycles. The topological polar surface area (TPSA) is 73.6 Å². The molecule has 0 aliphatic carbocycles. The van der Waals surface area contributed by atoms with Gasteiger partial charge in [-0.15, -0.1) is 0 Å². The molecule has 0 radical (unpaired) electrons. The van der Waals surface area contributed by atoms with Crippen LogP contribution < -0.4 is 4.90 Å². The largest absolute Gasteiger partial charge is 0.448 e. The number of hydrogen-bond donors (Lipinski definition) is 0. The van der Waals surface area contributed by atoms with Gasteiger partial charge in [-0.1, -0.05) is 19.1 Å². The second-order valence-electron chi connectivity index (χ2n) is 7.21. The number of ether oxygens (including phenoxy) is 1. The highest BCUT2D eigenvalue weighted by molar-refractivity contribution is 5.99. The number of carbonyl (C=O) groups is 2. The highest BCUT2D eigenvalue weighted by atomic mass is 16.5. The lowest BCUT2D eigenvalue weighted by molar-refractivity contribution is -0.156. The van der Waals surface area contributed by atoms with E-state index in [0.29, 0.717) is 19.0 Å². The van der Waals surface area contributed by atoms with E-state index in [1.165, 1.54) is 6.08 Å². The molecule has 0 saturated carbocycles. The summed E-state index contributed by atoms with van der Waals surface area (Å²) in [5, 5.41) is 9.31. The lowest BCUT2D eigenvalue weighted by atomic mass is 9.99. The Hall–Kier alpha value is -2.81. The Morgan fingerprint density at radius 2 is 1.85 bits per heavy atom. The van der Waals surface area contributed by atoms with Crippen molar-refractivity contribution in [3.05, 3.63) is 35.4 Å². The number of nitrogens with zero attached hydrogens (tertiary/aromatic N) is 3. The molecule has 0 unspecified atom stereocenters. The molecule has 0 spiro atoms. The number of likely N-dealkylation sites (tertiary alicyclic amines) is 1. The maximum absolute atomic E-state index is 12.5. The number of carbonyl (C=O) groups excluding carboxylic acids is 2. The molecule has 1 aliphatic rings. The molecule has 0 N–H and O–H groups in total. The maximum Gasteiger partial charge on any atom is 0.349 e. The Kier molecular flexibility index (Phi) is 7.00. The Morgan fingerprint density at radius 1 is 1.26 bits per heavy atom. The maximum atomic E-state index is 12.5. The molecule has 6 nitrogen and oxygen atoms in total. The zero-order valence-electron chi connectivity index (χ0n) is 16.4. The van der Waals surface area contributed by atoms with E-state index < -0.39 is 12.1 Å². The fourth-order valence-electron chi connectivity index (χ4n) is 2.93. The lowest BCUT2D eigenvalue weighted by Crippen LogP contribution is -2.44. The molecule has 2 rings (SSSR count).